The maximum absolute atomic E-state index is 6.04. The highest BCUT2D eigenvalue weighted by molar-refractivity contribution is 7.15. The van der Waals surface area contributed by atoms with Gasteiger partial charge in [-0.3, -0.25) is 4.40 Å². The van der Waals surface area contributed by atoms with Crippen molar-refractivity contribution in [2.24, 2.45) is 11.3 Å². The highest BCUT2D eigenvalue weighted by atomic mass is 35.5. The normalized spacial score (nSPS) is 14.5. The van der Waals surface area contributed by atoms with E-state index in [9.17, 15) is 0 Å². The SMILES string of the molecule is CC(C)(C)C(CCl)Cc1cn2ccsc2n1. The predicted octanol–water partition coefficient (Wildman–Crippen LogP) is 3.84. The molecule has 1 atom stereocenters. The van der Waals surface area contributed by atoms with Gasteiger partial charge in [0.25, 0.3) is 0 Å². The summed E-state index contributed by atoms with van der Waals surface area (Å²) in [7, 11) is 0. The van der Waals surface area contributed by atoms with Crippen LogP contribution in [0.2, 0.25) is 0 Å². The number of rotatable bonds is 3. The predicted molar refractivity (Wildman–Crippen MR) is 70.4 cm³/mol. The Hall–Kier alpha value is -0.540. The molecule has 4 heteroatoms. The molecule has 2 heterocycles. The number of hydrogen-bond acceptors (Lipinski definition) is 2. The van der Waals surface area contributed by atoms with E-state index in [1.807, 2.05) is 6.20 Å². The molecule has 0 N–H and O–H groups in total. The summed E-state index contributed by atoms with van der Waals surface area (Å²) in [4.78, 5) is 5.66. The van der Waals surface area contributed by atoms with E-state index in [4.69, 9.17) is 11.6 Å². The van der Waals surface area contributed by atoms with Crippen molar-refractivity contribution in [3.63, 3.8) is 0 Å². The van der Waals surface area contributed by atoms with Crippen molar-refractivity contribution in [1.82, 2.24) is 9.38 Å². The molecule has 0 aliphatic carbocycles. The minimum absolute atomic E-state index is 0.235. The van der Waals surface area contributed by atoms with Gasteiger partial charge < -0.3 is 0 Å². The summed E-state index contributed by atoms with van der Waals surface area (Å²) < 4.78 is 2.08. The van der Waals surface area contributed by atoms with Crippen molar-refractivity contribution in [2.45, 2.75) is 27.2 Å². The highest BCUT2D eigenvalue weighted by Crippen LogP contribution is 2.30. The summed E-state index contributed by atoms with van der Waals surface area (Å²) in [5.41, 5.74) is 1.38. The standard InChI is InChI=1S/C12H17ClN2S/c1-12(2,3)9(7-13)6-10-8-15-4-5-16-11(15)14-10/h4-5,8-9H,6-7H2,1-3H3. The van der Waals surface area contributed by atoms with Crippen LogP contribution in [0, 0.1) is 11.3 Å². The second-order valence-corrected chi connectivity index (χ2v) is 6.43. The van der Waals surface area contributed by atoms with Gasteiger partial charge >= 0.3 is 0 Å². The average Bonchev–Trinajstić information content (AvgIpc) is 2.71. The van der Waals surface area contributed by atoms with Crippen LogP contribution >= 0.6 is 22.9 Å². The summed E-state index contributed by atoms with van der Waals surface area (Å²) in [5, 5.41) is 2.05. The first-order chi connectivity index (χ1) is 7.50. The number of halogens is 1. The molecule has 0 spiro atoms. The van der Waals surface area contributed by atoms with Crippen molar-refractivity contribution >= 4 is 27.9 Å². The Bertz CT molecular complexity index is 438. The molecule has 0 aliphatic heterocycles. The smallest absolute Gasteiger partial charge is 0.193 e. The first-order valence-electron chi connectivity index (χ1n) is 5.48. The van der Waals surface area contributed by atoms with Crippen LogP contribution in [-0.4, -0.2) is 15.3 Å². The highest BCUT2D eigenvalue weighted by Gasteiger charge is 2.24. The molecule has 0 aromatic carbocycles. The Morgan fingerprint density at radius 1 is 1.50 bits per heavy atom. The number of thiazole rings is 1. The molecule has 2 nitrogen and oxygen atoms in total. The van der Waals surface area contributed by atoms with Crippen molar-refractivity contribution < 1.29 is 0 Å². The van der Waals surface area contributed by atoms with Crippen molar-refractivity contribution in [2.75, 3.05) is 5.88 Å². The largest absolute Gasteiger partial charge is 0.297 e. The molecule has 0 radical (unpaired) electrons. The number of aromatic nitrogens is 2. The zero-order valence-corrected chi connectivity index (χ0v) is 11.5. The van der Waals surface area contributed by atoms with Gasteiger partial charge in [-0.15, -0.1) is 22.9 Å². The topological polar surface area (TPSA) is 17.3 Å². The molecule has 1 unspecified atom stereocenters. The summed E-state index contributed by atoms with van der Waals surface area (Å²) in [6.45, 7) is 6.70. The van der Waals surface area contributed by atoms with E-state index in [1.165, 1.54) is 0 Å². The van der Waals surface area contributed by atoms with E-state index < -0.39 is 0 Å². The lowest BCUT2D eigenvalue weighted by Gasteiger charge is -2.28. The van der Waals surface area contributed by atoms with Gasteiger partial charge in [0.05, 0.1) is 5.69 Å². The zero-order valence-electron chi connectivity index (χ0n) is 9.90. The molecular formula is C12H17ClN2S. The lowest BCUT2D eigenvalue weighted by atomic mass is 9.79. The van der Waals surface area contributed by atoms with Crippen molar-refractivity contribution in [1.29, 1.82) is 0 Å². The first-order valence-corrected chi connectivity index (χ1v) is 6.89. The van der Waals surface area contributed by atoms with Crippen LogP contribution < -0.4 is 0 Å². The Balaban J connectivity index is 2.17. The van der Waals surface area contributed by atoms with E-state index in [0.29, 0.717) is 11.8 Å². The second kappa shape index (κ2) is 4.38. The molecule has 0 amide bonds. The lowest BCUT2D eigenvalue weighted by molar-refractivity contribution is 0.262. The number of hydrogen-bond donors (Lipinski definition) is 0. The summed E-state index contributed by atoms with van der Waals surface area (Å²) in [6, 6.07) is 0. The van der Waals surface area contributed by atoms with Gasteiger partial charge in [0.2, 0.25) is 0 Å². The Morgan fingerprint density at radius 3 is 2.81 bits per heavy atom. The minimum Gasteiger partial charge on any atom is -0.297 e. The van der Waals surface area contributed by atoms with Gasteiger partial charge in [0.1, 0.15) is 0 Å². The van der Waals surface area contributed by atoms with Gasteiger partial charge in [-0.25, -0.2) is 4.98 Å². The van der Waals surface area contributed by atoms with Gasteiger partial charge in [0.15, 0.2) is 4.96 Å². The number of alkyl halides is 1. The molecule has 2 aromatic rings. The van der Waals surface area contributed by atoms with Crippen LogP contribution in [0.4, 0.5) is 0 Å². The van der Waals surface area contributed by atoms with Gasteiger partial charge in [0, 0.05) is 23.7 Å². The van der Waals surface area contributed by atoms with Crippen LogP contribution in [-0.2, 0) is 6.42 Å². The monoisotopic (exact) mass is 256 g/mol. The molecule has 2 rings (SSSR count). The fourth-order valence-corrected chi connectivity index (χ4v) is 3.01. The average molecular weight is 257 g/mol. The molecule has 0 bridgehead atoms. The zero-order chi connectivity index (χ0) is 11.8. The third-order valence-corrected chi connectivity index (χ3v) is 4.15. The van der Waals surface area contributed by atoms with Crippen molar-refractivity contribution in [3.8, 4) is 0 Å². The van der Waals surface area contributed by atoms with E-state index in [2.05, 4.69) is 41.7 Å². The van der Waals surface area contributed by atoms with E-state index >= 15 is 0 Å². The molecule has 0 aliphatic rings. The molecule has 2 aromatic heterocycles. The van der Waals surface area contributed by atoms with Gasteiger partial charge in [-0.2, -0.15) is 0 Å². The third kappa shape index (κ3) is 2.41. The van der Waals surface area contributed by atoms with Gasteiger partial charge in [-0.05, 0) is 17.8 Å². The minimum atomic E-state index is 0.235. The maximum atomic E-state index is 6.04. The molecule has 16 heavy (non-hydrogen) atoms. The van der Waals surface area contributed by atoms with E-state index in [0.717, 1.165) is 17.1 Å². The Kier molecular flexibility index (Phi) is 3.27. The van der Waals surface area contributed by atoms with E-state index in [1.54, 1.807) is 11.3 Å². The fraction of sp³-hybridized carbons (Fsp3) is 0.583. The van der Waals surface area contributed by atoms with Crippen LogP contribution in [0.25, 0.3) is 4.96 Å². The van der Waals surface area contributed by atoms with Crippen LogP contribution in [0.5, 0.6) is 0 Å². The quantitative estimate of drug-likeness (QED) is 0.763. The first kappa shape index (κ1) is 11.9. The van der Waals surface area contributed by atoms with Crippen LogP contribution in [0.15, 0.2) is 17.8 Å². The Morgan fingerprint density at radius 2 is 2.25 bits per heavy atom. The number of imidazole rings is 1. The van der Waals surface area contributed by atoms with E-state index in [-0.39, 0.29) is 5.41 Å². The van der Waals surface area contributed by atoms with Crippen LogP contribution in [0.1, 0.15) is 26.5 Å². The second-order valence-electron chi connectivity index (χ2n) is 5.25. The summed E-state index contributed by atoms with van der Waals surface area (Å²) in [5.74, 6) is 1.16. The fourth-order valence-electron chi connectivity index (χ4n) is 1.72. The van der Waals surface area contributed by atoms with Gasteiger partial charge in [-0.1, -0.05) is 20.8 Å². The molecule has 88 valence electrons. The number of fused-ring (bicyclic) bond motifs is 1. The summed E-state index contributed by atoms with van der Waals surface area (Å²) >= 11 is 7.71. The third-order valence-electron chi connectivity index (χ3n) is 3.01. The maximum Gasteiger partial charge on any atom is 0.193 e. The molecule has 0 fully saturated rings. The molecule has 0 saturated carbocycles. The number of nitrogens with zero attached hydrogens (tertiary/aromatic N) is 2. The van der Waals surface area contributed by atoms with Crippen LogP contribution in [0.3, 0.4) is 0 Å². The lowest BCUT2D eigenvalue weighted by Crippen LogP contribution is -2.24. The Labute approximate surface area is 105 Å². The van der Waals surface area contributed by atoms with Crippen molar-refractivity contribution in [3.05, 3.63) is 23.5 Å². The summed E-state index contributed by atoms with van der Waals surface area (Å²) in [6.07, 6.45) is 5.11. The molecule has 0 saturated heterocycles. The molecular weight excluding hydrogens is 240 g/mol.